The fraction of sp³-hybridized carbons (Fsp3) is 0.417. The van der Waals surface area contributed by atoms with Gasteiger partial charge in [0.25, 0.3) is 5.91 Å². The van der Waals surface area contributed by atoms with Gasteiger partial charge in [0.2, 0.25) is 0 Å². The summed E-state index contributed by atoms with van der Waals surface area (Å²) >= 11 is 0. The number of hydrogen-bond acceptors (Lipinski definition) is 4. The van der Waals surface area contributed by atoms with E-state index in [2.05, 4.69) is 5.32 Å². The highest BCUT2D eigenvalue weighted by Crippen LogP contribution is 2.24. The average Bonchev–Trinajstić information content (AvgIpc) is 2.28. The number of carbonyl (C=O) groups excluding carboxylic acids is 1. The molecule has 0 spiro atoms. The number of benzene rings is 1. The summed E-state index contributed by atoms with van der Waals surface area (Å²) in [6.07, 6.45) is 0. The third-order valence-corrected chi connectivity index (χ3v) is 2.63. The highest BCUT2D eigenvalue weighted by Gasteiger charge is 2.18. The Morgan fingerprint density at radius 1 is 1.47 bits per heavy atom. The molecule has 1 atom stereocenters. The van der Waals surface area contributed by atoms with Crippen LogP contribution in [-0.4, -0.2) is 28.8 Å². The first-order chi connectivity index (χ1) is 7.97. The molecule has 1 aromatic carbocycles. The molecule has 94 valence electrons. The van der Waals surface area contributed by atoms with E-state index in [9.17, 15) is 9.90 Å². The molecule has 0 aromatic heterocycles. The first kappa shape index (κ1) is 13.3. The molecule has 5 N–H and O–H groups in total. The SMILES string of the molecule is CC(C)[C@@H](CO)NC(=O)c1cccc(N)c1O. The molecular weight excluding hydrogens is 220 g/mol. The zero-order valence-corrected chi connectivity index (χ0v) is 9.97. The molecular formula is C12H18N2O3. The summed E-state index contributed by atoms with van der Waals surface area (Å²) < 4.78 is 0. The number of phenols is 1. The van der Waals surface area contributed by atoms with Gasteiger partial charge < -0.3 is 21.3 Å². The van der Waals surface area contributed by atoms with E-state index >= 15 is 0 Å². The third kappa shape index (κ3) is 3.10. The lowest BCUT2D eigenvalue weighted by Gasteiger charge is -2.20. The quantitative estimate of drug-likeness (QED) is 0.459. The molecule has 0 fully saturated rings. The first-order valence-electron chi connectivity index (χ1n) is 5.46. The van der Waals surface area contributed by atoms with E-state index in [0.717, 1.165) is 0 Å². The number of amides is 1. The molecule has 0 saturated carbocycles. The van der Waals surface area contributed by atoms with Crippen LogP contribution < -0.4 is 11.1 Å². The zero-order valence-electron chi connectivity index (χ0n) is 9.97. The molecule has 0 aliphatic carbocycles. The molecule has 5 heteroatoms. The molecule has 0 aliphatic rings. The van der Waals surface area contributed by atoms with Gasteiger partial charge in [0, 0.05) is 0 Å². The van der Waals surface area contributed by atoms with Gasteiger partial charge >= 0.3 is 0 Å². The van der Waals surface area contributed by atoms with E-state index in [0.29, 0.717) is 0 Å². The normalized spacial score (nSPS) is 12.5. The first-order valence-corrected chi connectivity index (χ1v) is 5.46. The van der Waals surface area contributed by atoms with Crippen LogP contribution in [0.15, 0.2) is 18.2 Å². The summed E-state index contributed by atoms with van der Waals surface area (Å²) in [7, 11) is 0. The second kappa shape index (κ2) is 5.54. The molecule has 0 heterocycles. The molecule has 1 aromatic rings. The molecule has 0 radical (unpaired) electrons. The van der Waals surface area contributed by atoms with E-state index in [1.165, 1.54) is 12.1 Å². The molecule has 1 rings (SSSR count). The van der Waals surface area contributed by atoms with Crippen molar-refractivity contribution in [2.24, 2.45) is 5.92 Å². The molecule has 0 bridgehead atoms. The van der Waals surface area contributed by atoms with Gasteiger partial charge in [0.15, 0.2) is 5.75 Å². The van der Waals surface area contributed by atoms with Crippen molar-refractivity contribution in [3.63, 3.8) is 0 Å². The number of hydrogen-bond donors (Lipinski definition) is 4. The number of carbonyl (C=O) groups is 1. The van der Waals surface area contributed by atoms with Crippen LogP contribution in [0.4, 0.5) is 5.69 Å². The predicted molar refractivity (Wildman–Crippen MR) is 65.7 cm³/mol. The summed E-state index contributed by atoms with van der Waals surface area (Å²) in [5, 5.41) is 21.4. The lowest BCUT2D eigenvalue weighted by Crippen LogP contribution is -2.41. The van der Waals surface area contributed by atoms with Crippen LogP contribution in [0.2, 0.25) is 0 Å². The Labute approximate surface area is 100 Å². The van der Waals surface area contributed by atoms with E-state index < -0.39 is 5.91 Å². The van der Waals surface area contributed by atoms with Crippen molar-refractivity contribution in [1.82, 2.24) is 5.32 Å². The van der Waals surface area contributed by atoms with Crippen LogP contribution in [-0.2, 0) is 0 Å². The predicted octanol–water partition coefficient (Wildman–Crippen LogP) is 0.721. The molecule has 5 nitrogen and oxygen atoms in total. The molecule has 1 amide bonds. The Balaban J connectivity index is 2.86. The standard InChI is InChI=1S/C12H18N2O3/c1-7(2)10(6-15)14-12(17)8-4-3-5-9(13)11(8)16/h3-5,7,10,15-16H,6,13H2,1-2H3,(H,14,17)/t10-/m1/s1. The van der Waals surface area contributed by atoms with Crippen molar-refractivity contribution in [3.05, 3.63) is 23.8 Å². The summed E-state index contributed by atoms with van der Waals surface area (Å²) in [6.45, 7) is 3.63. The number of anilines is 1. The fourth-order valence-corrected chi connectivity index (χ4v) is 1.41. The lowest BCUT2D eigenvalue weighted by atomic mass is 10.0. The van der Waals surface area contributed by atoms with Crippen LogP contribution >= 0.6 is 0 Å². The van der Waals surface area contributed by atoms with Crippen molar-refractivity contribution >= 4 is 11.6 Å². The van der Waals surface area contributed by atoms with Crippen molar-refractivity contribution in [3.8, 4) is 5.75 Å². The Hall–Kier alpha value is -1.75. The number of nitrogens with two attached hydrogens (primary N) is 1. The number of aromatic hydroxyl groups is 1. The minimum Gasteiger partial charge on any atom is -0.505 e. The Bertz CT molecular complexity index is 405. The van der Waals surface area contributed by atoms with Gasteiger partial charge in [-0.25, -0.2) is 0 Å². The van der Waals surface area contributed by atoms with Crippen molar-refractivity contribution in [2.45, 2.75) is 19.9 Å². The minimum atomic E-state index is -0.442. The molecule has 17 heavy (non-hydrogen) atoms. The van der Waals surface area contributed by atoms with E-state index in [-0.39, 0.29) is 35.6 Å². The maximum absolute atomic E-state index is 11.9. The van der Waals surface area contributed by atoms with Gasteiger partial charge in [-0.1, -0.05) is 19.9 Å². The smallest absolute Gasteiger partial charge is 0.255 e. The third-order valence-electron chi connectivity index (χ3n) is 2.63. The Morgan fingerprint density at radius 3 is 2.65 bits per heavy atom. The summed E-state index contributed by atoms with van der Waals surface area (Å²) in [6, 6.07) is 4.24. The van der Waals surface area contributed by atoms with Crippen LogP contribution in [0, 0.1) is 5.92 Å². The van der Waals surface area contributed by atoms with Crippen molar-refractivity contribution in [1.29, 1.82) is 0 Å². The van der Waals surface area contributed by atoms with Gasteiger partial charge in [-0.15, -0.1) is 0 Å². The van der Waals surface area contributed by atoms with E-state index in [1.54, 1.807) is 6.07 Å². The largest absolute Gasteiger partial charge is 0.505 e. The van der Waals surface area contributed by atoms with Crippen LogP contribution in [0.3, 0.4) is 0 Å². The lowest BCUT2D eigenvalue weighted by molar-refractivity contribution is 0.0894. The number of aliphatic hydroxyl groups excluding tert-OH is 1. The van der Waals surface area contributed by atoms with Gasteiger partial charge in [-0.05, 0) is 18.1 Å². The number of phenolic OH excluding ortho intramolecular Hbond substituents is 1. The zero-order chi connectivity index (χ0) is 13.0. The van der Waals surface area contributed by atoms with Gasteiger partial charge in [-0.2, -0.15) is 0 Å². The van der Waals surface area contributed by atoms with Gasteiger partial charge in [0.1, 0.15) is 0 Å². The second-order valence-corrected chi connectivity index (χ2v) is 4.25. The number of rotatable bonds is 4. The number of nitrogen functional groups attached to an aromatic ring is 1. The van der Waals surface area contributed by atoms with Crippen molar-refractivity contribution < 1.29 is 15.0 Å². The topological polar surface area (TPSA) is 95.6 Å². The van der Waals surface area contributed by atoms with Crippen molar-refractivity contribution in [2.75, 3.05) is 12.3 Å². The summed E-state index contributed by atoms with van der Waals surface area (Å²) in [5.74, 6) is -0.569. The highest BCUT2D eigenvalue weighted by molar-refractivity contribution is 5.98. The van der Waals surface area contributed by atoms with Crippen LogP contribution in [0.5, 0.6) is 5.75 Å². The summed E-state index contributed by atoms with van der Waals surface area (Å²) in [4.78, 5) is 11.9. The van der Waals surface area contributed by atoms with Crippen LogP contribution in [0.25, 0.3) is 0 Å². The Kier molecular flexibility index (Phi) is 4.34. The fourth-order valence-electron chi connectivity index (χ4n) is 1.41. The Morgan fingerprint density at radius 2 is 2.12 bits per heavy atom. The minimum absolute atomic E-state index is 0.104. The van der Waals surface area contributed by atoms with Gasteiger partial charge in [0.05, 0.1) is 23.9 Å². The monoisotopic (exact) mass is 238 g/mol. The maximum atomic E-state index is 11.9. The molecule has 0 unspecified atom stereocenters. The average molecular weight is 238 g/mol. The molecule has 0 saturated heterocycles. The van der Waals surface area contributed by atoms with E-state index in [4.69, 9.17) is 10.8 Å². The number of aliphatic hydroxyl groups is 1. The number of nitrogens with one attached hydrogen (secondary N) is 1. The number of para-hydroxylation sites is 1. The van der Waals surface area contributed by atoms with E-state index in [1.807, 2.05) is 13.8 Å². The second-order valence-electron chi connectivity index (χ2n) is 4.25. The van der Waals surface area contributed by atoms with Gasteiger partial charge in [-0.3, -0.25) is 4.79 Å². The van der Waals surface area contributed by atoms with Crippen LogP contribution in [0.1, 0.15) is 24.2 Å². The maximum Gasteiger partial charge on any atom is 0.255 e. The molecule has 0 aliphatic heterocycles. The summed E-state index contributed by atoms with van der Waals surface area (Å²) in [5.41, 5.74) is 5.77. The highest BCUT2D eigenvalue weighted by atomic mass is 16.3.